The topological polar surface area (TPSA) is 20.2 Å². The second-order valence-corrected chi connectivity index (χ2v) is 0.993. The van der Waals surface area contributed by atoms with Gasteiger partial charge in [-0.05, 0) is 0 Å². The van der Waals surface area contributed by atoms with Crippen molar-refractivity contribution >= 4 is 0 Å². The zero-order valence-electron chi connectivity index (χ0n) is 3.94. The Balaban J connectivity index is 2.98. The molecular weight excluding hydrogens is 88.1 g/mol. The van der Waals surface area contributed by atoms with Crippen molar-refractivity contribution in [2.24, 2.45) is 0 Å². The zero-order valence-corrected chi connectivity index (χ0v) is 3.94. The molecule has 36 valence electrons. The SMILES string of the molecule is C#CCCC#CO. The number of aliphatic hydroxyl groups excluding tert-OH is 1. The molecule has 0 rings (SSSR count). The van der Waals surface area contributed by atoms with E-state index in [1.54, 1.807) is 6.11 Å². The molecular formula is C6H6O. The van der Waals surface area contributed by atoms with Gasteiger partial charge in [0.25, 0.3) is 0 Å². The fourth-order valence-electron chi connectivity index (χ4n) is 0.191. The summed E-state index contributed by atoms with van der Waals surface area (Å²) in [5.74, 6) is 4.80. The first kappa shape index (κ1) is 5.92. The van der Waals surface area contributed by atoms with E-state index < -0.39 is 0 Å². The van der Waals surface area contributed by atoms with Gasteiger partial charge in [-0.25, -0.2) is 0 Å². The third-order valence-corrected chi connectivity index (χ3v) is 0.473. The molecule has 7 heavy (non-hydrogen) atoms. The van der Waals surface area contributed by atoms with Gasteiger partial charge >= 0.3 is 0 Å². The molecule has 1 N–H and O–H groups in total. The average molecular weight is 94.1 g/mol. The van der Waals surface area contributed by atoms with Crippen molar-refractivity contribution in [3.63, 3.8) is 0 Å². The van der Waals surface area contributed by atoms with Crippen LogP contribution in [0.5, 0.6) is 0 Å². The Hall–Kier alpha value is -1.08. The van der Waals surface area contributed by atoms with Crippen LogP contribution in [-0.4, -0.2) is 5.11 Å². The van der Waals surface area contributed by atoms with Gasteiger partial charge in [-0.1, -0.05) is 5.92 Å². The molecule has 0 aromatic carbocycles. The minimum absolute atomic E-state index is 0.590. The number of hydrogen-bond donors (Lipinski definition) is 1. The van der Waals surface area contributed by atoms with Gasteiger partial charge in [0.05, 0.1) is 0 Å². The Morgan fingerprint density at radius 3 is 2.57 bits per heavy atom. The smallest absolute Gasteiger partial charge is 0.107 e. The molecule has 0 unspecified atom stereocenters. The molecule has 0 bridgehead atoms. The van der Waals surface area contributed by atoms with Gasteiger partial charge in [-0.2, -0.15) is 0 Å². The molecule has 0 aliphatic carbocycles. The molecule has 0 saturated carbocycles. The van der Waals surface area contributed by atoms with E-state index in [4.69, 9.17) is 11.5 Å². The molecule has 0 saturated heterocycles. The first-order chi connectivity index (χ1) is 3.41. The number of unbranched alkanes of at least 4 members (excludes halogenated alkanes) is 1. The standard InChI is InChI=1S/C6H6O/c1-2-3-4-5-6-7/h1,7H,3-4H2. The van der Waals surface area contributed by atoms with E-state index in [0.29, 0.717) is 12.8 Å². The van der Waals surface area contributed by atoms with Crippen molar-refractivity contribution in [3.05, 3.63) is 0 Å². The summed E-state index contributed by atoms with van der Waals surface area (Å²) in [6, 6.07) is 0. The second kappa shape index (κ2) is 4.92. The molecule has 0 amide bonds. The highest BCUT2D eigenvalue weighted by Crippen LogP contribution is 1.79. The van der Waals surface area contributed by atoms with Crippen LogP contribution in [0.1, 0.15) is 12.8 Å². The predicted molar refractivity (Wildman–Crippen MR) is 27.8 cm³/mol. The van der Waals surface area contributed by atoms with E-state index in [1.165, 1.54) is 0 Å². The molecule has 1 nitrogen and oxygen atoms in total. The maximum absolute atomic E-state index is 7.86. The molecule has 0 fully saturated rings. The van der Waals surface area contributed by atoms with Crippen LogP contribution in [0, 0.1) is 24.4 Å². The zero-order chi connectivity index (χ0) is 5.54. The normalized spacial score (nSPS) is 5.57. The van der Waals surface area contributed by atoms with Crippen molar-refractivity contribution in [3.8, 4) is 24.4 Å². The highest BCUT2D eigenvalue weighted by Gasteiger charge is 1.68. The molecule has 0 aromatic rings. The van der Waals surface area contributed by atoms with E-state index in [9.17, 15) is 0 Å². The lowest BCUT2D eigenvalue weighted by Crippen LogP contribution is -1.62. The van der Waals surface area contributed by atoms with E-state index in [1.807, 2.05) is 0 Å². The Kier molecular flexibility index (Phi) is 4.16. The number of aliphatic hydroxyl groups is 1. The number of terminal acetylenes is 1. The summed E-state index contributed by atoms with van der Waals surface area (Å²) in [5, 5.41) is 7.86. The van der Waals surface area contributed by atoms with Gasteiger partial charge in [-0.15, -0.1) is 12.3 Å². The Labute approximate surface area is 43.4 Å². The summed E-state index contributed by atoms with van der Waals surface area (Å²) in [6.45, 7) is 0. The van der Waals surface area contributed by atoms with Crippen LogP contribution >= 0.6 is 0 Å². The van der Waals surface area contributed by atoms with Crippen molar-refractivity contribution < 1.29 is 5.11 Å². The molecule has 0 aromatic heterocycles. The van der Waals surface area contributed by atoms with Crippen LogP contribution in [0.4, 0.5) is 0 Å². The fourth-order valence-corrected chi connectivity index (χ4v) is 0.191. The van der Waals surface area contributed by atoms with E-state index in [-0.39, 0.29) is 0 Å². The highest BCUT2D eigenvalue weighted by molar-refractivity contribution is 4.95. The fraction of sp³-hybridized carbons (Fsp3) is 0.333. The van der Waals surface area contributed by atoms with Crippen molar-refractivity contribution in [1.82, 2.24) is 0 Å². The maximum atomic E-state index is 7.86. The maximum Gasteiger partial charge on any atom is 0.107 e. The van der Waals surface area contributed by atoms with Crippen molar-refractivity contribution in [1.29, 1.82) is 0 Å². The third-order valence-electron chi connectivity index (χ3n) is 0.473. The number of hydrogen-bond acceptors (Lipinski definition) is 1. The van der Waals surface area contributed by atoms with E-state index >= 15 is 0 Å². The predicted octanol–water partition coefficient (Wildman–Crippen LogP) is 0.733. The van der Waals surface area contributed by atoms with Crippen LogP contribution in [0.15, 0.2) is 0 Å². The lowest BCUT2D eigenvalue weighted by atomic mass is 10.3. The Morgan fingerprint density at radius 1 is 1.43 bits per heavy atom. The third kappa shape index (κ3) is 4.92. The molecule has 0 radical (unpaired) electrons. The first-order valence-corrected chi connectivity index (χ1v) is 1.97. The average Bonchev–Trinajstić information content (AvgIpc) is 1.69. The lowest BCUT2D eigenvalue weighted by Gasteiger charge is -1.71. The second-order valence-electron chi connectivity index (χ2n) is 0.993. The summed E-state index contributed by atoms with van der Waals surface area (Å²) >= 11 is 0. The largest absolute Gasteiger partial charge is 0.462 e. The summed E-state index contributed by atoms with van der Waals surface area (Å²) in [7, 11) is 0. The van der Waals surface area contributed by atoms with Crippen molar-refractivity contribution in [2.45, 2.75) is 12.8 Å². The lowest BCUT2D eigenvalue weighted by molar-refractivity contribution is 0.516. The van der Waals surface area contributed by atoms with E-state index in [0.717, 1.165) is 0 Å². The highest BCUT2D eigenvalue weighted by atomic mass is 16.2. The minimum Gasteiger partial charge on any atom is -0.462 e. The molecule has 1 heteroatoms. The Bertz CT molecular complexity index is 119. The summed E-state index contributed by atoms with van der Waals surface area (Å²) in [6.07, 6.45) is 7.84. The molecule has 0 spiro atoms. The molecule has 0 aliphatic rings. The summed E-state index contributed by atoms with van der Waals surface area (Å²) < 4.78 is 0. The van der Waals surface area contributed by atoms with Crippen LogP contribution in [0.25, 0.3) is 0 Å². The quantitative estimate of drug-likeness (QED) is 0.375. The molecule has 0 aliphatic heterocycles. The van der Waals surface area contributed by atoms with Gasteiger partial charge in [0.2, 0.25) is 0 Å². The van der Waals surface area contributed by atoms with Gasteiger partial charge in [0.15, 0.2) is 0 Å². The van der Waals surface area contributed by atoms with Crippen LogP contribution in [-0.2, 0) is 0 Å². The summed E-state index contributed by atoms with van der Waals surface area (Å²) in [4.78, 5) is 0. The van der Waals surface area contributed by atoms with Crippen molar-refractivity contribution in [2.75, 3.05) is 0 Å². The van der Waals surface area contributed by atoms with Gasteiger partial charge in [0, 0.05) is 12.8 Å². The molecule has 0 atom stereocenters. The minimum atomic E-state index is 0.590. The van der Waals surface area contributed by atoms with Crippen LogP contribution in [0.2, 0.25) is 0 Å². The number of rotatable bonds is 1. The van der Waals surface area contributed by atoms with Crippen LogP contribution < -0.4 is 0 Å². The monoisotopic (exact) mass is 94.0 g/mol. The van der Waals surface area contributed by atoms with Crippen LogP contribution in [0.3, 0.4) is 0 Å². The summed E-state index contributed by atoms with van der Waals surface area (Å²) in [5.41, 5.74) is 0. The van der Waals surface area contributed by atoms with E-state index in [2.05, 4.69) is 11.8 Å². The molecule has 0 heterocycles. The first-order valence-electron chi connectivity index (χ1n) is 1.97. The van der Waals surface area contributed by atoms with Gasteiger partial charge < -0.3 is 5.11 Å². The van der Waals surface area contributed by atoms with Gasteiger partial charge in [0.1, 0.15) is 6.11 Å². The Morgan fingerprint density at radius 2 is 2.14 bits per heavy atom. The van der Waals surface area contributed by atoms with Gasteiger partial charge in [-0.3, -0.25) is 0 Å².